The predicted octanol–water partition coefficient (Wildman–Crippen LogP) is 4.59. The number of rotatable bonds is 9. The van der Waals surface area contributed by atoms with Crippen LogP contribution < -0.4 is 20.1 Å². The summed E-state index contributed by atoms with van der Waals surface area (Å²) < 4.78 is 11.0. The van der Waals surface area contributed by atoms with Gasteiger partial charge in [-0.15, -0.1) is 0 Å². The molecule has 31 heavy (non-hydrogen) atoms. The van der Waals surface area contributed by atoms with Crippen LogP contribution in [0.1, 0.15) is 18.1 Å². The van der Waals surface area contributed by atoms with E-state index < -0.39 is 0 Å². The Morgan fingerprint density at radius 1 is 0.742 bits per heavy atom. The highest BCUT2D eigenvalue weighted by Crippen LogP contribution is 2.16. The zero-order chi connectivity index (χ0) is 22.1. The third-order valence-corrected chi connectivity index (χ3v) is 4.51. The molecule has 160 valence electrons. The van der Waals surface area contributed by atoms with Crippen molar-refractivity contribution in [3.05, 3.63) is 83.9 Å². The summed E-state index contributed by atoms with van der Waals surface area (Å²) >= 11 is 0. The van der Waals surface area contributed by atoms with E-state index in [-0.39, 0.29) is 25.0 Å². The zero-order valence-electron chi connectivity index (χ0n) is 17.7. The summed E-state index contributed by atoms with van der Waals surface area (Å²) in [6.07, 6.45) is 0.955. The van der Waals surface area contributed by atoms with Gasteiger partial charge >= 0.3 is 0 Å². The molecule has 0 atom stereocenters. The average molecular weight is 418 g/mol. The van der Waals surface area contributed by atoms with Gasteiger partial charge in [0.1, 0.15) is 11.5 Å². The first kappa shape index (κ1) is 21.9. The van der Waals surface area contributed by atoms with E-state index in [1.165, 1.54) is 5.56 Å². The summed E-state index contributed by atoms with van der Waals surface area (Å²) in [5, 5.41) is 5.53. The number of ether oxygens (including phenoxy) is 2. The summed E-state index contributed by atoms with van der Waals surface area (Å²) in [5.41, 5.74) is 3.51. The lowest BCUT2D eigenvalue weighted by molar-refractivity contribution is -0.118. The third kappa shape index (κ3) is 7.19. The lowest BCUT2D eigenvalue weighted by atomic mass is 10.2. The van der Waals surface area contributed by atoms with E-state index in [0.717, 1.165) is 12.0 Å². The summed E-state index contributed by atoms with van der Waals surface area (Å²) in [7, 11) is 0. The van der Waals surface area contributed by atoms with Crippen molar-refractivity contribution < 1.29 is 19.1 Å². The molecule has 6 heteroatoms. The molecule has 0 aliphatic heterocycles. The van der Waals surface area contributed by atoms with Gasteiger partial charge in [-0.25, -0.2) is 0 Å². The van der Waals surface area contributed by atoms with Gasteiger partial charge in [-0.05, 0) is 73.0 Å². The number of anilines is 2. The predicted molar refractivity (Wildman–Crippen MR) is 122 cm³/mol. The Hall–Kier alpha value is -3.80. The Labute approximate surface area is 182 Å². The monoisotopic (exact) mass is 418 g/mol. The number of carbonyl (C=O) groups is 2. The minimum absolute atomic E-state index is 0.0831. The molecule has 0 heterocycles. The normalized spacial score (nSPS) is 10.3. The highest BCUT2D eigenvalue weighted by atomic mass is 16.5. The van der Waals surface area contributed by atoms with Gasteiger partial charge in [0.05, 0.1) is 0 Å². The van der Waals surface area contributed by atoms with E-state index >= 15 is 0 Å². The van der Waals surface area contributed by atoms with Crippen molar-refractivity contribution in [2.75, 3.05) is 23.8 Å². The summed E-state index contributed by atoms with van der Waals surface area (Å²) in [5.74, 6) is 0.777. The first-order valence-electron chi connectivity index (χ1n) is 10.1. The number of aryl methyl sites for hydroxylation is 2. The molecule has 0 spiro atoms. The molecule has 0 aromatic heterocycles. The minimum Gasteiger partial charge on any atom is -0.484 e. The molecule has 0 aliphatic carbocycles. The van der Waals surface area contributed by atoms with Gasteiger partial charge in [-0.3, -0.25) is 9.59 Å². The molecule has 3 aromatic carbocycles. The van der Waals surface area contributed by atoms with Crippen LogP contribution in [0.25, 0.3) is 0 Å². The number of hydrogen-bond acceptors (Lipinski definition) is 4. The SMILES string of the molecule is CCc1ccc(OCC(=O)Nc2ccc(NC(=O)COc3cccc(C)c3)cc2)cc1. The van der Waals surface area contributed by atoms with Crippen LogP contribution >= 0.6 is 0 Å². The topological polar surface area (TPSA) is 76.7 Å². The Kier molecular flexibility index (Phi) is 7.65. The molecule has 2 amide bonds. The number of nitrogens with one attached hydrogen (secondary N) is 2. The van der Waals surface area contributed by atoms with Crippen molar-refractivity contribution in [1.29, 1.82) is 0 Å². The lowest BCUT2D eigenvalue weighted by Crippen LogP contribution is -2.21. The Bertz CT molecular complexity index is 1010. The van der Waals surface area contributed by atoms with E-state index in [1.54, 1.807) is 24.3 Å². The molecular weight excluding hydrogens is 392 g/mol. The van der Waals surface area contributed by atoms with Crippen molar-refractivity contribution >= 4 is 23.2 Å². The van der Waals surface area contributed by atoms with E-state index in [2.05, 4.69) is 17.6 Å². The molecule has 2 N–H and O–H groups in total. The van der Waals surface area contributed by atoms with Crippen LogP contribution in [0.4, 0.5) is 11.4 Å². The molecule has 0 radical (unpaired) electrons. The third-order valence-electron chi connectivity index (χ3n) is 4.51. The van der Waals surface area contributed by atoms with Gasteiger partial charge in [0.25, 0.3) is 11.8 Å². The smallest absolute Gasteiger partial charge is 0.262 e. The second-order valence-electron chi connectivity index (χ2n) is 7.07. The lowest BCUT2D eigenvalue weighted by Gasteiger charge is -2.10. The van der Waals surface area contributed by atoms with Crippen LogP contribution in [0.3, 0.4) is 0 Å². The molecule has 0 fully saturated rings. The van der Waals surface area contributed by atoms with Gasteiger partial charge in [0.2, 0.25) is 0 Å². The largest absolute Gasteiger partial charge is 0.484 e. The molecule has 0 unspecified atom stereocenters. The van der Waals surface area contributed by atoms with E-state index in [4.69, 9.17) is 9.47 Å². The zero-order valence-corrected chi connectivity index (χ0v) is 17.7. The van der Waals surface area contributed by atoms with Crippen molar-refractivity contribution in [2.24, 2.45) is 0 Å². The fourth-order valence-electron chi connectivity index (χ4n) is 2.86. The Balaban J connectivity index is 1.42. The maximum atomic E-state index is 12.1. The fraction of sp³-hybridized carbons (Fsp3) is 0.200. The minimum atomic E-state index is -0.263. The van der Waals surface area contributed by atoms with Gasteiger partial charge in [-0.1, -0.05) is 31.2 Å². The van der Waals surface area contributed by atoms with Crippen LogP contribution in [0.5, 0.6) is 11.5 Å². The van der Waals surface area contributed by atoms with E-state index in [0.29, 0.717) is 22.9 Å². The average Bonchev–Trinajstić information content (AvgIpc) is 2.78. The number of amides is 2. The quantitative estimate of drug-likeness (QED) is 0.533. The van der Waals surface area contributed by atoms with Crippen molar-refractivity contribution in [3.63, 3.8) is 0 Å². The number of benzene rings is 3. The van der Waals surface area contributed by atoms with Gasteiger partial charge in [-0.2, -0.15) is 0 Å². The van der Waals surface area contributed by atoms with Crippen LogP contribution in [0, 0.1) is 6.92 Å². The molecule has 0 saturated carbocycles. The van der Waals surface area contributed by atoms with Crippen LogP contribution in [-0.4, -0.2) is 25.0 Å². The molecule has 0 bridgehead atoms. The van der Waals surface area contributed by atoms with Gasteiger partial charge in [0, 0.05) is 11.4 Å². The number of carbonyl (C=O) groups excluding carboxylic acids is 2. The number of hydrogen-bond donors (Lipinski definition) is 2. The molecular formula is C25H26N2O4. The fourth-order valence-corrected chi connectivity index (χ4v) is 2.86. The first-order chi connectivity index (χ1) is 15.0. The molecule has 3 aromatic rings. The van der Waals surface area contributed by atoms with Gasteiger partial charge < -0.3 is 20.1 Å². The second-order valence-corrected chi connectivity index (χ2v) is 7.07. The standard InChI is InChI=1S/C25H26N2O4/c1-3-19-7-13-22(14-8-19)30-16-24(28)26-20-9-11-21(12-10-20)27-25(29)17-31-23-6-4-5-18(2)15-23/h4-15H,3,16-17H2,1-2H3,(H,26,28)(H,27,29). The van der Waals surface area contributed by atoms with Crippen molar-refractivity contribution in [1.82, 2.24) is 0 Å². The highest BCUT2D eigenvalue weighted by molar-refractivity contribution is 5.94. The maximum absolute atomic E-state index is 12.1. The molecule has 3 rings (SSSR count). The maximum Gasteiger partial charge on any atom is 0.262 e. The Morgan fingerprint density at radius 2 is 1.29 bits per heavy atom. The van der Waals surface area contributed by atoms with Crippen molar-refractivity contribution in [3.8, 4) is 11.5 Å². The van der Waals surface area contributed by atoms with E-state index in [1.807, 2.05) is 55.5 Å². The Morgan fingerprint density at radius 3 is 1.81 bits per heavy atom. The van der Waals surface area contributed by atoms with Crippen LogP contribution in [-0.2, 0) is 16.0 Å². The molecule has 0 saturated heterocycles. The molecule has 6 nitrogen and oxygen atoms in total. The van der Waals surface area contributed by atoms with Crippen LogP contribution in [0.15, 0.2) is 72.8 Å². The highest BCUT2D eigenvalue weighted by Gasteiger charge is 2.06. The second kappa shape index (κ2) is 10.8. The van der Waals surface area contributed by atoms with Crippen LogP contribution in [0.2, 0.25) is 0 Å². The van der Waals surface area contributed by atoms with Crippen molar-refractivity contribution in [2.45, 2.75) is 20.3 Å². The summed E-state index contributed by atoms with van der Waals surface area (Å²) in [6.45, 7) is 3.88. The van der Waals surface area contributed by atoms with Gasteiger partial charge in [0.15, 0.2) is 13.2 Å². The summed E-state index contributed by atoms with van der Waals surface area (Å²) in [6, 6.07) is 22.0. The molecule has 0 aliphatic rings. The summed E-state index contributed by atoms with van der Waals surface area (Å²) in [4.78, 5) is 24.2. The first-order valence-corrected chi connectivity index (χ1v) is 10.1. The van der Waals surface area contributed by atoms with E-state index in [9.17, 15) is 9.59 Å².